The Bertz CT molecular complexity index is 1090. The normalized spacial score (nSPS) is 11.2. The highest BCUT2D eigenvalue weighted by Crippen LogP contribution is 2.28. The van der Waals surface area contributed by atoms with Gasteiger partial charge in [-0.1, -0.05) is 6.07 Å². The van der Waals surface area contributed by atoms with Crippen molar-refractivity contribution in [3.05, 3.63) is 53.8 Å². The lowest BCUT2D eigenvalue weighted by Crippen LogP contribution is -2.29. The van der Waals surface area contributed by atoms with Crippen molar-refractivity contribution in [2.75, 3.05) is 41.4 Å². The quantitative estimate of drug-likeness (QED) is 0.483. The number of rotatable bonds is 12. The number of carbonyl (C=O) groups excluding carboxylic acids is 2. The largest absolute Gasteiger partial charge is 0.493 e. The third kappa shape index (κ3) is 7.70. The Balaban J connectivity index is 1.82. The zero-order valence-electron chi connectivity index (χ0n) is 19.7. The van der Waals surface area contributed by atoms with E-state index in [1.54, 1.807) is 32.3 Å². The van der Waals surface area contributed by atoms with Crippen LogP contribution >= 0.6 is 0 Å². The Morgan fingerprint density at radius 2 is 1.71 bits per heavy atom. The third-order valence-corrected chi connectivity index (χ3v) is 6.84. The number of amides is 2. The highest BCUT2D eigenvalue weighted by Gasteiger charge is 2.20. The molecule has 0 saturated heterocycles. The summed E-state index contributed by atoms with van der Waals surface area (Å²) in [7, 11) is 2.42. The molecule has 1 N–H and O–H groups in total. The van der Waals surface area contributed by atoms with E-state index in [2.05, 4.69) is 5.32 Å². The standard InChI is InChI=1S/C23H30FN3O6S/c1-26(2)23(29)16-33-20-12-7-17(14-21(20)32-4)15-25-22(28)6-5-13-27(3)34(30,31)19-10-8-18(24)9-11-19/h7-12,14H,5-6,13,15-16H2,1-4H3,(H,25,28). The maximum absolute atomic E-state index is 13.0. The predicted octanol–water partition coefficient (Wildman–Crippen LogP) is 2.02. The highest BCUT2D eigenvalue weighted by atomic mass is 32.2. The molecule has 0 atom stereocenters. The van der Waals surface area contributed by atoms with Gasteiger partial charge in [0.05, 0.1) is 12.0 Å². The van der Waals surface area contributed by atoms with Crippen LogP contribution in [0.4, 0.5) is 4.39 Å². The summed E-state index contributed by atoms with van der Waals surface area (Å²) in [5.74, 6) is -0.0837. The van der Waals surface area contributed by atoms with Gasteiger partial charge >= 0.3 is 0 Å². The lowest BCUT2D eigenvalue weighted by atomic mass is 10.2. The number of halogens is 1. The minimum absolute atomic E-state index is 0.00620. The first kappa shape index (κ1) is 27.1. The molecule has 0 aliphatic rings. The molecule has 0 aliphatic carbocycles. The van der Waals surface area contributed by atoms with Gasteiger partial charge in [0.15, 0.2) is 18.1 Å². The lowest BCUT2D eigenvalue weighted by Gasteiger charge is -2.17. The molecule has 11 heteroatoms. The number of nitrogens with zero attached hydrogens (tertiary/aromatic N) is 2. The smallest absolute Gasteiger partial charge is 0.259 e. The van der Waals surface area contributed by atoms with Crippen molar-refractivity contribution >= 4 is 21.8 Å². The molecule has 0 aliphatic heterocycles. The molecule has 0 heterocycles. The van der Waals surface area contributed by atoms with Gasteiger partial charge in [0.25, 0.3) is 5.91 Å². The van der Waals surface area contributed by atoms with Crippen molar-refractivity contribution < 1.29 is 31.9 Å². The summed E-state index contributed by atoms with van der Waals surface area (Å²) in [6, 6.07) is 9.71. The maximum Gasteiger partial charge on any atom is 0.259 e. The summed E-state index contributed by atoms with van der Waals surface area (Å²) < 4.78 is 50.0. The molecule has 0 unspecified atom stereocenters. The zero-order chi connectivity index (χ0) is 25.3. The molecule has 0 saturated carbocycles. The van der Waals surface area contributed by atoms with Gasteiger partial charge in [-0.3, -0.25) is 9.59 Å². The molecule has 0 fully saturated rings. The van der Waals surface area contributed by atoms with Gasteiger partial charge in [-0.15, -0.1) is 0 Å². The zero-order valence-corrected chi connectivity index (χ0v) is 20.5. The molecule has 2 aromatic carbocycles. The van der Waals surface area contributed by atoms with Crippen LogP contribution in [0.3, 0.4) is 0 Å². The molecule has 2 rings (SSSR count). The van der Waals surface area contributed by atoms with Gasteiger partial charge < -0.3 is 19.7 Å². The van der Waals surface area contributed by atoms with Crippen LogP contribution < -0.4 is 14.8 Å². The van der Waals surface area contributed by atoms with E-state index >= 15 is 0 Å². The van der Waals surface area contributed by atoms with Crippen LogP contribution in [0.2, 0.25) is 0 Å². The predicted molar refractivity (Wildman–Crippen MR) is 124 cm³/mol. The van der Waals surface area contributed by atoms with Gasteiger partial charge in [-0.05, 0) is 48.4 Å². The van der Waals surface area contributed by atoms with E-state index in [0.717, 1.165) is 22.0 Å². The average Bonchev–Trinajstić information content (AvgIpc) is 2.81. The van der Waals surface area contributed by atoms with E-state index < -0.39 is 15.8 Å². The van der Waals surface area contributed by atoms with Crippen LogP contribution in [0.1, 0.15) is 18.4 Å². The molecular formula is C23H30FN3O6S. The summed E-state index contributed by atoms with van der Waals surface area (Å²) >= 11 is 0. The summed E-state index contributed by atoms with van der Waals surface area (Å²) in [4.78, 5) is 25.3. The Morgan fingerprint density at radius 3 is 2.32 bits per heavy atom. The van der Waals surface area contributed by atoms with Crippen molar-refractivity contribution in [1.82, 2.24) is 14.5 Å². The number of hydrogen-bond donors (Lipinski definition) is 1. The van der Waals surface area contributed by atoms with E-state index in [4.69, 9.17) is 9.47 Å². The SMILES string of the molecule is COc1cc(CNC(=O)CCCN(C)S(=O)(=O)c2ccc(F)cc2)ccc1OCC(=O)N(C)C. The number of methoxy groups -OCH3 is 1. The van der Waals surface area contributed by atoms with E-state index in [1.807, 2.05) is 0 Å². The third-order valence-electron chi connectivity index (χ3n) is 4.97. The fraction of sp³-hybridized carbons (Fsp3) is 0.391. The van der Waals surface area contributed by atoms with Crippen LogP contribution in [-0.2, 0) is 26.2 Å². The minimum Gasteiger partial charge on any atom is -0.493 e. The van der Waals surface area contributed by atoms with Gasteiger partial charge in [0, 0.05) is 40.7 Å². The first-order valence-corrected chi connectivity index (χ1v) is 12.0. The first-order valence-electron chi connectivity index (χ1n) is 10.5. The number of ether oxygens (including phenoxy) is 2. The average molecular weight is 496 g/mol. The van der Waals surface area contributed by atoms with Crippen molar-refractivity contribution in [2.24, 2.45) is 0 Å². The number of sulfonamides is 1. The van der Waals surface area contributed by atoms with Gasteiger partial charge in [0.1, 0.15) is 5.82 Å². The van der Waals surface area contributed by atoms with Crippen LogP contribution in [0.5, 0.6) is 11.5 Å². The second-order valence-electron chi connectivity index (χ2n) is 7.72. The summed E-state index contributed by atoms with van der Waals surface area (Å²) in [5, 5.41) is 2.78. The maximum atomic E-state index is 13.0. The molecule has 2 aromatic rings. The topological polar surface area (TPSA) is 105 Å². The molecule has 0 bridgehead atoms. The van der Waals surface area contributed by atoms with Crippen LogP contribution in [0.25, 0.3) is 0 Å². The molecule has 34 heavy (non-hydrogen) atoms. The summed E-state index contributed by atoms with van der Waals surface area (Å²) in [5.41, 5.74) is 0.771. The monoisotopic (exact) mass is 495 g/mol. The summed E-state index contributed by atoms with van der Waals surface area (Å²) in [6.45, 7) is 0.263. The second-order valence-corrected chi connectivity index (χ2v) is 9.77. The van der Waals surface area contributed by atoms with Crippen molar-refractivity contribution in [3.8, 4) is 11.5 Å². The number of benzene rings is 2. The number of carbonyl (C=O) groups is 2. The van der Waals surface area contributed by atoms with Gasteiger partial charge in [-0.2, -0.15) is 0 Å². The Hall–Kier alpha value is -3.18. The lowest BCUT2D eigenvalue weighted by molar-refractivity contribution is -0.130. The molecular weight excluding hydrogens is 465 g/mol. The Labute approximate surface area is 199 Å². The van der Waals surface area contributed by atoms with Crippen LogP contribution in [-0.4, -0.2) is 70.8 Å². The number of likely N-dealkylation sites (N-methyl/N-ethyl adjacent to an activating group) is 1. The van der Waals surface area contributed by atoms with Gasteiger partial charge in [-0.25, -0.2) is 17.1 Å². The minimum atomic E-state index is -3.75. The van der Waals surface area contributed by atoms with Crippen molar-refractivity contribution in [2.45, 2.75) is 24.3 Å². The molecule has 186 valence electrons. The number of hydrogen-bond acceptors (Lipinski definition) is 6. The second kappa shape index (κ2) is 12.3. The first-order chi connectivity index (χ1) is 16.0. The fourth-order valence-corrected chi connectivity index (χ4v) is 4.08. The van der Waals surface area contributed by atoms with Gasteiger partial charge in [0.2, 0.25) is 15.9 Å². The highest BCUT2D eigenvalue weighted by molar-refractivity contribution is 7.89. The van der Waals surface area contributed by atoms with E-state index in [9.17, 15) is 22.4 Å². The Morgan fingerprint density at radius 1 is 1.03 bits per heavy atom. The van der Waals surface area contributed by atoms with E-state index in [-0.39, 0.29) is 42.8 Å². The van der Waals surface area contributed by atoms with Crippen LogP contribution in [0.15, 0.2) is 47.4 Å². The summed E-state index contributed by atoms with van der Waals surface area (Å²) in [6.07, 6.45) is 0.451. The molecule has 0 spiro atoms. The molecule has 9 nitrogen and oxygen atoms in total. The van der Waals surface area contributed by atoms with E-state index in [1.165, 1.54) is 31.2 Å². The Kier molecular flexibility index (Phi) is 9.82. The fourth-order valence-electron chi connectivity index (χ4n) is 2.87. The van der Waals surface area contributed by atoms with Crippen LogP contribution in [0, 0.1) is 5.82 Å². The molecule has 2 amide bonds. The molecule has 0 radical (unpaired) electrons. The molecule has 0 aromatic heterocycles. The number of nitrogens with one attached hydrogen (secondary N) is 1. The van der Waals surface area contributed by atoms with Crippen molar-refractivity contribution in [1.29, 1.82) is 0 Å². The van der Waals surface area contributed by atoms with E-state index in [0.29, 0.717) is 17.9 Å². The van der Waals surface area contributed by atoms with Crippen molar-refractivity contribution in [3.63, 3.8) is 0 Å².